The molecule has 224 valence electrons. The van der Waals surface area contributed by atoms with E-state index < -0.39 is 0 Å². The van der Waals surface area contributed by atoms with Crippen molar-refractivity contribution in [2.75, 3.05) is 53.4 Å². The number of likely N-dealkylation sites (tertiary alicyclic amines) is 1. The molecule has 6 rings (SSSR count). The summed E-state index contributed by atoms with van der Waals surface area (Å²) < 4.78 is 7.05. The number of hydrogen-bond donors (Lipinski definition) is 2. The zero-order valence-electron chi connectivity index (χ0n) is 25.0. The smallest absolute Gasteiger partial charge is 0.256 e. The van der Waals surface area contributed by atoms with Gasteiger partial charge in [0, 0.05) is 31.2 Å². The Bertz CT molecular complexity index is 934. The van der Waals surface area contributed by atoms with E-state index in [9.17, 15) is 9.59 Å². The molecule has 0 aromatic carbocycles. The number of carbonyl (C=O) groups excluding carboxylic acids is 2. The van der Waals surface area contributed by atoms with Crippen LogP contribution >= 0.6 is 0 Å². The van der Waals surface area contributed by atoms with Gasteiger partial charge < -0.3 is 30.1 Å². The van der Waals surface area contributed by atoms with Crippen LogP contribution in [0.2, 0.25) is 0 Å². The minimum atomic E-state index is -0.167. The van der Waals surface area contributed by atoms with Crippen molar-refractivity contribution in [1.82, 2.24) is 25.3 Å². The van der Waals surface area contributed by atoms with Crippen molar-refractivity contribution >= 4 is 11.7 Å². The summed E-state index contributed by atoms with van der Waals surface area (Å²) in [4.78, 5) is 34.6. The molecule has 0 aromatic rings. The van der Waals surface area contributed by atoms with Crippen LogP contribution in [0.4, 0.5) is 0 Å². The molecule has 1 amide bonds. The lowest BCUT2D eigenvalue weighted by molar-refractivity contribution is -0.207. The molecule has 40 heavy (non-hydrogen) atoms. The maximum absolute atomic E-state index is 13.9. The Labute approximate surface area is 241 Å². The highest BCUT2D eigenvalue weighted by Gasteiger charge is 2.58. The monoisotopic (exact) mass is 555 g/mol. The zero-order valence-corrected chi connectivity index (χ0v) is 25.0. The topological polar surface area (TPSA) is 77.2 Å². The van der Waals surface area contributed by atoms with Crippen LogP contribution in [0.25, 0.3) is 0 Å². The van der Waals surface area contributed by atoms with Gasteiger partial charge in [0.1, 0.15) is 0 Å². The number of ketones is 1. The molecule has 5 fully saturated rings. The number of rotatable bonds is 10. The van der Waals surface area contributed by atoms with E-state index in [1.807, 2.05) is 6.20 Å². The van der Waals surface area contributed by atoms with E-state index in [0.717, 1.165) is 64.3 Å². The summed E-state index contributed by atoms with van der Waals surface area (Å²) in [5.74, 6) is 1.10. The lowest BCUT2D eigenvalue weighted by Gasteiger charge is -2.61. The number of amides is 1. The molecule has 8 heteroatoms. The van der Waals surface area contributed by atoms with Gasteiger partial charge >= 0.3 is 0 Å². The van der Waals surface area contributed by atoms with Crippen LogP contribution < -0.4 is 10.6 Å². The number of carbonyl (C=O) groups is 2. The fraction of sp³-hybridized carbons (Fsp3) is 0.875. The van der Waals surface area contributed by atoms with Crippen LogP contribution in [0, 0.1) is 17.8 Å². The van der Waals surface area contributed by atoms with E-state index in [-0.39, 0.29) is 41.9 Å². The predicted octanol–water partition coefficient (Wildman–Crippen LogP) is 2.78. The van der Waals surface area contributed by atoms with E-state index >= 15 is 0 Å². The Kier molecular flexibility index (Phi) is 9.16. The number of morpholine rings is 1. The van der Waals surface area contributed by atoms with Crippen molar-refractivity contribution in [1.29, 1.82) is 0 Å². The normalized spacial score (nSPS) is 37.5. The lowest BCUT2D eigenvalue weighted by atomic mass is 9.63. The van der Waals surface area contributed by atoms with E-state index in [1.54, 1.807) is 0 Å². The van der Waals surface area contributed by atoms with Crippen LogP contribution in [-0.4, -0.2) is 110 Å². The van der Waals surface area contributed by atoms with Gasteiger partial charge in [0.25, 0.3) is 5.91 Å². The molecule has 0 radical (unpaired) electrons. The van der Waals surface area contributed by atoms with Crippen molar-refractivity contribution < 1.29 is 14.3 Å². The van der Waals surface area contributed by atoms with Gasteiger partial charge in [0.15, 0.2) is 5.78 Å². The second-order valence-corrected chi connectivity index (χ2v) is 13.8. The van der Waals surface area contributed by atoms with Gasteiger partial charge in [-0.2, -0.15) is 0 Å². The van der Waals surface area contributed by atoms with Crippen LogP contribution in [-0.2, 0) is 14.3 Å². The zero-order chi connectivity index (χ0) is 27.6. The maximum Gasteiger partial charge on any atom is 0.256 e. The Hall–Kier alpha value is -1.48. The molecule has 6 aliphatic rings. The molecule has 3 saturated carbocycles. The highest BCUT2D eigenvalue weighted by Crippen LogP contribution is 2.50. The predicted molar refractivity (Wildman–Crippen MR) is 157 cm³/mol. The van der Waals surface area contributed by atoms with Crippen molar-refractivity contribution in [3.8, 4) is 0 Å². The summed E-state index contributed by atoms with van der Waals surface area (Å²) in [5.41, 5.74) is 0.398. The van der Waals surface area contributed by atoms with Crippen LogP contribution in [0.3, 0.4) is 0 Å². The van der Waals surface area contributed by atoms with Crippen molar-refractivity contribution in [2.45, 2.75) is 107 Å². The highest BCUT2D eigenvalue weighted by molar-refractivity contribution is 6.20. The first-order chi connectivity index (χ1) is 19.5. The third-order valence-corrected chi connectivity index (χ3v) is 11.0. The molecule has 8 atom stereocenters. The third-order valence-electron chi connectivity index (χ3n) is 11.0. The quantitative estimate of drug-likeness (QED) is 0.317. The second-order valence-electron chi connectivity index (χ2n) is 13.8. The Morgan fingerprint density at radius 3 is 2.62 bits per heavy atom. The average Bonchev–Trinajstić information content (AvgIpc) is 3.48. The summed E-state index contributed by atoms with van der Waals surface area (Å²) in [6, 6.07) is 0.607. The lowest BCUT2D eigenvalue weighted by Crippen LogP contribution is -2.72. The fourth-order valence-electron chi connectivity index (χ4n) is 9.07. The summed E-state index contributed by atoms with van der Waals surface area (Å²) >= 11 is 0. The van der Waals surface area contributed by atoms with Crippen LogP contribution in [0.1, 0.15) is 77.0 Å². The van der Waals surface area contributed by atoms with Gasteiger partial charge in [-0.1, -0.05) is 19.3 Å². The molecule has 0 spiro atoms. The summed E-state index contributed by atoms with van der Waals surface area (Å²) in [5, 5.41) is 6.97. The molecule has 2 saturated heterocycles. The Morgan fingerprint density at radius 1 is 0.975 bits per heavy atom. The summed E-state index contributed by atoms with van der Waals surface area (Å²) in [6.45, 7) is 5.82. The first-order valence-electron chi connectivity index (χ1n) is 16.6. The minimum absolute atomic E-state index is 0.00830. The van der Waals surface area contributed by atoms with Gasteiger partial charge in [-0.3, -0.25) is 9.59 Å². The molecule has 2 N–H and O–H groups in total. The molecular weight excluding hydrogens is 502 g/mol. The molecule has 0 aromatic heterocycles. The molecule has 3 heterocycles. The van der Waals surface area contributed by atoms with Gasteiger partial charge in [-0.05, 0) is 110 Å². The largest absolute Gasteiger partial charge is 0.369 e. The molecule has 0 bridgehead atoms. The van der Waals surface area contributed by atoms with Crippen LogP contribution in [0.5, 0.6) is 0 Å². The number of nitrogens with zero attached hydrogens (tertiary/aromatic N) is 3. The van der Waals surface area contributed by atoms with Crippen molar-refractivity contribution in [2.24, 2.45) is 17.8 Å². The third kappa shape index (κ3) is 5.88. The standard InChI is InChI=1S/C32H53N5O3/c1-35(2)17-6-5-15-33-26-13-12-24-29-31(26)40-27-14-11-22-9-3-4-10-23(22)28(27)37(29)21-25(30(24)38)32(39)34-16-20-36-18-7-8-19-36/h21-24,26-29,31,33H,3-20H2,1-2H3,(H,34,39). The van der Waals surface area contributed by atoms with Crippen molar-refractivity contribution in [3.63, 3.8) is 0 Å². The van der Waals surface area contributed by atoms with E-state index in [2.05, 4.69) is 39.4 Å². The second kappa shape index (κ2) is 12.8. The summed E-state index contributed by atoms with van der Waals surface area (Å²) in [7, 11) is 4.26. The number of ether oxygens (including phenoxy) is 1. The van der Waals surface area contributed by atoms with Gasteiger partial charge in [0.05, 0.1) is 29.9 Å². The number of nitrogens with one attached hydrogen (secondary N) is 2. The number of fused-ring (bicyclic) bond motifs is 4. The molecular formula is C32H53N5O3. The van der Waals surface area contributed by atoms with Gasteiger partial charge in [-0.25, -0.2) is 0 Å². The SMILES string of the molecule is CN(C)CCCCNC1CCC2C(=O)C(C(=O)NCCN3CCCC3)=CN3C4C(CCC5CCCCC54)OC1C23. The summed E-state index contributed by atoms with van der Waals surface area (Å²) in [6.07, 6.45) is 16.4. The van der Waals surface area contributed by atoms with E-state index in [4.69, 9.17) is 4.74 Å². The number of hydrogen-bond acceptors (Lipinski definition) is 7. The molecule has 8 unspecified atom stereocenters. The number of Topliss-reactive ketones (excluding diaryl/α,β-unsaturated/α-hetero) is 1. The van der Waals surface area contributed by atoms with Crippen LogP contribution in [0.15, 0.2) is 11.8 Å². The van der Waals surface area contributed by atoms with E-state index in [1.165, 1.54) is 51.4 Å². The Balaban J connectivity index is 1.21. The highest BCUT2D eigenvalue weighted by atomic mass is 16.5. The van der Waals surface area contributed by atoms with E-state index in [0.29, 0.717) is 24.1 Å². The number of unbranched alkanes of at least 4 members (excludes halogenated alkanes) is 1. The first-order valence-corrected chi connectivity index (χ1v) is 16.6. The molecule has 3 aliphatic heterocycles. The molecule has 3 aliphatic carbocycles. The van der Waals surface area contributed by atoms with Gasteiger partial charge in [0.2, 0.25) is 0 Å². The fourth-order valence-corrected chi connectivity index (χ4v) is 9.07. The maximum atomic E-state index is 13.9. The Morgan fingerprint density at radius 2 is 1.80 bits per heavy atom. The minimum Gasteiger partial charge on any atom is -0.369 e. The average molecular weight is 556 g/mol. The van der Waals surface area contributed by atoms with Gasteiger partial charge in [-0.15, -0.1) is 0 Å². The first kappa shape index (κ1) is 28.6. The molecule has 8 nitrogen and oxygen atoms in total. The van der Waals surface area contributed by atoms with Crippen molar-refractivity contribution in [3.05, 3.63) is 11.8 Å².